The second kappa shape index (κ2) is 6.27. The second-order valence-electron chi connectivity index (χ2n) is 8.10. The molecule has 138 valence electrons. The number of benzene rings is 1. The highest BCUT2D eigenvalue weighted by molar-refractivity contribution is 5.77. The van der Waals surface area contributed by atoms with Crippen molar-refractivity contribution in [3.8, 4) is 0 Å². The van der Waals surface area contributed by atoms with Crippen LogP contribution in [0.4, 0.5) is 4.79 Å². The lowest BCUT2D eigenvalue weighted by Gasteiger charge is -2.42. The maximum atomic E-state index is 12.8. The Morgan fingerprint density at radius 1 is 1.31 bits per heavy atom. The van der Waals surface area contributed by atoms with Gasteiger partial charge in [0, 0.05) is 24.5 Å². The van der Waals surface area contributed by atoms with Crippen LogP contribution in [-0.4, -0.2) is 46.8 Å². The van der Waals surface area contributed by atoms with E-state index in [1.807, 2.05) is 17.0 Å². The van der Waals surface area contributed by atoms with Crippen LogP contribution in [-0.2, 0) is 11.3 Å². The minimum Gasteiger partial charge on any atom is -0.379 e. The molecule has 3 fully saturated rings. The molecule has 0 atom stereocenters. The Kier molecular flexibility index (Phi) is 3.89. The van der Waals surface area contributed by atoms with Gasteiger partial charge in [-0.3, -0.25) is 0 Å². The molecule has 2 heterocycles. The van der Waals surface area contributed by atoms with Gasteiger partial charge in [0.1, 0.15) is 5.82 Å². The third-order valence-electron chi connectivity index (χ3n) is 6.12. The van der Waals surface area contributed by atoms with E-state index in [0.29, 0.717) is 25.7 Å². The molecule has 1 spiro atoms. The molecule has 2 amide bonds. The van der Waals surface area contributed by atoms with E-state index in [9.17, 15) is 4.79 Å². The van der Waals surface area contributed by atoms with Gasteiger partial charge in [0.25, 0.3) is 0 Å². The van der Waals surface area contributed by atoms with Crippen LogP contribution in [0.3, 0.4) is 0 Å². The molecule has 2 aliphatic carbocycles. The molecule has 26 heavy (non-hydrogen) atoms. The smallest absolute Gasteiger partial charge is 0.317 e. The molecule has 1 aromatic heterocycles. The topological polar surface area (TPSA) is 59.4 Å². The van der Waals surface area contributed by atoms with Crippen molar-refractivity contribution in [1.82, 2.24) is 19.8 Å². The summed E-state index contributed by atoms with van der Waals surface area (Å²) in [5, 5.41) is 3.11. The molecule has 2 aromatic rings. The number of nitrogens with zero attached hydrogens (tertiary/aromatic N) is 3. The summed E-state index contributed by atoms with van der Waals surface area (Å²) >= 11 is 0. The van der Waals surface area contributed by atoms with Gasteiger partial charge in [0.05, 0.1) is 30.8 Å². The molecule has 2 saturated carbocycles. The maximum Gasteiger partial charge on any atom is 0.317 e. The maximum absolute atomic E-state index is 12.8. The van der Waals surface area contributed by atoms with Crippen molar-refractivity contribution in [2.75, 3.05) is 26.3 Å². The molecule has 3 aliphatic rings. The lowest BCUT2D eigenvalue weighted by atomic mass is 9.69. The molecule has 1 N–H and O–H groups in total. The van der Waals surface area contributed by atoms with Crippen LogP contribution in [0.25, 0.3) is 11.0 Å². The van der Waals surface area contributed by atoms with Gasteiger partial charge in [-0.25, -0.2) is 9.78 Å². The number of fused-ring (bicyclic) bond motifs is 1. The minimum absolute atomic E-state index is 0.0104. The number of hydrogen-bond acceptors (Lipinski definition) is 3. The van der Waals surface area contributed by atoms with Gasteiger partial charge in [-0.1, -0.05) is 18.6 Å². The van der Waals surface area contributed by atoms with E-state index in [2.05, 4.69) is 22.0 Å². The molecule has 0 bridgehead atoms. The first kappa shape index (κ1) is 16.1. The summed E-state index contributed by atoms with van der Waals surface area (Å²) in [6.45, 7) is 3.41. The van der Waals surface area contributed by atoms with Crippen LogP contribution < -0.4 is 5.32 Å². The lowest BCUT2D eigenvalue weighted by molar-refractivity contribution is 0.0126. The molecule has 6 nitrogen and oxygen atoms in total. The van der Waals surface area contributed by atoms with Crippen LogP contribution in [0.15, 0.2) is 24.3 Å². The third kappa shape index (κ3) is 2.86. The SMILES string of the molecule is O=C(NCc1nc2ccccc2n1C1CC1)N1CCOCC2(CCC2)C1. The minimum atomic E-state index is 0.0104. The van der Waals surface area contributed by atoms with Gasteiger partial charge >= 0.3 is 6.03 Å². The van der Waals surface area contributed by atoms with Crippen molar-refractivity contribution in [3.05, 3.63) is 30.1 Å². The standard InChI is InChI=1S/C20H26N4O2/c25-19(23-10-11-26-14-20(13-23)8-3-9-20)21-12-18-22-16-4-1-2-5-17(16)24(18)15-6-7-15/h1-2,4-5,15H,3,6-14H2,(H,21,25). The van der Waals surface area contributed by atoms with Crippen LogP contribution >= 0.6 is 0 Å². The Bertz CT molecular complexity index is 822. The van der Waals surface area contributed by atoms with Gasteiger partial charge < -0.3 is 19.5 Å². The average molecular weight is 354 g/mol. The predicted molar refractivity (Wildman–Crippen MR) is 98.9 cm³/mol. The summed E-state index contributed by atoms with van der Waals surface area (Å²) in [7, 11) is 0. The highest BCUT2D eigenvalue weighted by Crippen LogP contribution is 2.42. The van der Waals surface area contributed by atoms with E-state index in [-0.39, 0.29) is 11.4 Å². The number of rotatable bonds is 3. The highest BCUT2D eigenvalue weighted by Gasteiger charge is 2.41. The zero-order valence-corrected chi connectivity index (χ0v) is 15.1. The summed E-state index contributed by atoms with van der Waals surface area (Å²) in [6, 6.07) is 8.80. The molecule has 1 saturated heterocycles. The Morgan fingerprint density at radius 2 is 2.15 bits per heavy atom. The Balaban J connectivity index is 1.30. The monoisotopic (exact) mass is 354 g/mol. The number of ether oxygens (including phenoxy) is 1. The van der Waals surface area contributed by atoms with Crippen LogP contribution in [0, 0.1) is 5.41 Å². The fourth-order valence-electron chi connectivity index (χ4n) is 4.37. The van der Waals surface area contributed by atoms with Crippen molar-refractivity contribution in [2.24, 2.45) is 5.41 Å². The van der Waals surface area contributed by atoms with E-state index in [1.165, 1.54) is 37.6 Å². The molecule has 0 unspecified atom stereocenters. The quantitative estimate of drug-likeness (QED) is 0.921. The van der Waals surface area contributed by atoms with Gasteiger partial charge in [0.2, 0.25) is 0 Å². The van der Waals surface area contributed by atoms with Gasteiger partial charge in [-0.15, -0.1) is 0 Å². The fourth-order valence-corrected chi connectivity index (χ4v) is 4.37. The fraction of sp³-hybridized carbons (Fsp3) is 0.600. The number of carbonyl (C=O) groups excluding carboxylic acids is 1. The molecular weight excluding hydrogens is 328 g/mol. The summed E-state index contributed by atoms with van der Waals surface area (Å²) in [5.41, 5.74) is 2.39. The lowest BCUT2D eigenvalue weighted by Crippen LogP contribution is -2.48. The van der Waals surface area contributed by atoms with Gasteiger partial charge in [0.15, 0.2) is 0 Å². The molecule has 6 heteroatoms. The Morgan fingerprint density at radius 3 is 2.92 bits per heavy atom. The summed E-state index contributed by atoms with van der Waals surface area (Å²) in [6.07, 6.45) is 6.01. The molecule has 1 aromatic carbocycles. The summed E-state index contributed by atoms with van der Waals surface area (Å²) in [5.74, 6) is 0.964. The van der Waals surface area contributed by atoms with E-state index < -0.39 is 0 Å². The van der Waals surface area contributed by atoms with Gasteiger partial charge in [-0.2, -0.15) is 0 Å². The first-order valence-electron chi connectivity index (χ1n) is 9.81. The molecular formula is C20H26N4O2. The van der Waals surface area contributed by atoms with Crippen LogP contribution in [0.1, 0.15) is 44.0 Å². The number of carbonyl (C=O) groups is 1. The van der Waals surface area contributed by atoms with Crippen molar-refractivity contribution in [2.45, 2.75) is 44.7 Å². The number of nitrogens with one attached hydrogen (secondary N) is 1. The van der Waals surface area contributed by atoms with E-state index in [4.69, 9.17) is 9.72 Å². The summed E-state index contributed by atoms with van der Waals surface area (Å²) < 4.78 is 8.07. The first-order chi connectivity index (χ1) is 12.7. The van der Waals surface area contributed by atoms with Crippen LogP contribution in [0.5, 0.6) is 0 Å². The van der Waals surface area contributed by atoms with Crippen molar-refractivity contribution >= 4 is 17.1 Å². The second-order valence-corrected chi connectivity index (χ2v) is 8.10. The van der Waals surface area contributed by atoms with Gasteiger partial charge in [-0.05, 0) is 37.8 Å². The average Bonchev–Trinajstić information content (AvgIpc) is 3.42. The zero-order chi connectivity index (χ0) is 17.6. The largest absolute Gasteiger partial charge is 0.379 e. The number of para-hydroxylation sites is 2. The van der Waals surface area contributed by atoms with Crippen molar-refractivity contribution in [1.29, 1.82) is 0 Å². The van der Waals surface area contributed by atoms with E-state index in [0.717, 1.165) is 24.5 Å². The summed E-state index contributed by atoms with van der Waals surface area (Å²) in [4.78, 5) is 19.5. The van der Waals surface area contributed by atoms with Crippen molar-refractivity contribution < 1.29 is 9.53 Å². The molecule has 5 rings (SSSR count). The van der Waals surface area contributed by atoms with E-state index in [1.54, 1.807) is 0 Å². The normalized spacial score (nSPS) is 22.2. The zero-order valence-electron chi connectivity index (χ0n) is 15.1. The number of imidazole rings is 1. The van der Waals surface area contributed by atoms with Crippen molar-refractivity contribution in [3.63, 3.8) is 0 Å². The predicted octanol–water partition coefficient (Wildman–Crippen LogP) is 3.08. The molecule has 0 radical (unpaired) electrons. The Hall–Kier alpha value is -2.08. The number of urea groups is 1. The number of amides is 2. The first-order valence-corrected chi connectivity index (χ1v) is 9.81. The Labute approximate surface area is 153 Å². The number of aromatic nitrogens is 2. The van der Waals surface area contributed by atoms with Crippen LogP contribution in [0.2, 0.25) is 0 Å². The number of hydrogen-bond donors (Lipinski definition) is 1. The van der Waals surface area contributed by atoms with E-state index >= 15 is 0 Å². The highest BCUT2D eigenvalue weighted by atomic mass is 16.5. The molecule has 1 aliphatic heterocycles. The third-order valence-corrected chi connectivity index (χ3v) is 6.12.